The molecule has 126 valence electrons. The summed E-state index contributed by atoms with van der Waals surface area (Å²) < 4.78 is 5.71. The monoisotopic (exact) mass is 313 g/mol. The zero-order valence-corrected chi connectivity index (χ0v) is 14.8. The van der Waals surface area contributed by atoms with Gasteiger partial charge in [-0.3, -0.25) is 0 Å². The van der Waals surface area contributed by atoms with E-state index >= 15 is 0 Å². The van der Waals surface area contributed by atoms with E-state index in [0.29, 0.717) is 6.61 Å². The fraction of sp³-hybridized carbons (Fsp3) is 0.524. The summed E-state index contributed by atoms with van der Waals surface area (Å²) >= 11 is 0. The number of nitrogens with zero attached hydrogens (tertiary/aromatic N) is 1. The molecule has 2 heteroatoms. The van der Waals surface area contributed by atoms with Crippen molar-refractivity contribution < 1.29 is 4.74 Å². The number of hydrogen-bond donors (Lipinski definition) is 0. The van der Waals surface area contributed by atoms with Crippen LogP contribution in [0.15, 0.2) is 48.1 Å². The number of likely N-dealkylation sites (tertiary alicyclic amines) is 1. The van der Waals surface area contributed by atoms with Crippen LogP contribution < -0.4 is 4.74 Å². The summed E-state index contributed by atoms with van der Waals surface area (Å²) in [6.45, 7) is 9.03. The van der Waals surface area contributed by atoms with Gasteiger partial charge < -0.3 is 9.64 Å². The van der Waals surface area contributed by atoms with Gasteiger partial charge in [0, 0.05) is 0 Å². The van der Waals surface area contributed by atoms with E-state index in [0.717, 1.165) is 18.6 Å². The predicted octanol–water partition coefficient (Wildman–Crippen LogP) is 5.14. The van der Waals surface area contributed by atoms with E-state index in [1.165, 1.54) is 50.0 Å². The molecule has 1 aromatic carbocycles. The minimum atomic E-state index is 0.681. The summed E-state index contributed by atoms with van der Waals surface area (Å²) in [7, 11) is 0. The number of rotatable bonds is 5. The number of benzene rings is 1. The molecule has 2 nitrogen and oxygen atoms in total. The van der Waals surface area contributed by atoms with Crippen LogP contribution in [0.5, 0.6) is 5.75 Å². The quantitative estimate of drug-likeness (QED) is 0.746. The van der Waals surface area contributed by atoms with Gasteiger partial charge in [-0.1, -0.05) is 37.3 Å². The van der Waals surface area contributed by atoms with E-state index in [9.17, 15) is 0 Å². The summed E-state index contributed by atoms with van der Waals surface area (Å²) in [5.41, 5.74) is 2.52. The van der Waals surface area contributed by atoms with Gasteiger partial charge in [0.05, 0.1) is 0 Å². The van der Waals surface area contributed by atoms with E-state index in [-0.39, 0.29) is 0 Å². The molecule has 1 heterocycles. The van der Waals surface area contributed by atoms with Gasteiger partial charge in [0.25, 0.3) is 0 Å². The third-order valence-corrected chi connectivity index (χ3v) is 4.21. The molecule has 0 amide bonds. The third kappa shape index (κ3) is 7.04. The predicted molar refractivity (Wildman–Crippen MR) is 99.1 cm³/mol. The Labute approximate surface area is 141 Å². The number of aryl methyl sites for hydroxylation is 1. The highest BCUT2D eigenvalue weighted by Crippen LogP contribution is 2.15. The van der Waals surface area contributed by atoms with Crippen LogP contribution in [0.2, 0.25) is 0 Å². The lowest BCUT2D eigenvalue weighted by Crippen LogP contribution is -2.19. The summed E-state index contributed by atoms with van der Waals surface area (Å²) in [5.74, 6) is 0.954. The first-order valence-electron chi connectivity index (χ1n) is 9.05. The first-order valence-corrected chi connectivity index (χ1v) is 9.05. The molecule has 2 aliphatic rings. The molecule has 1 aliphatic carbocycles. The smallest absolute Gasteiger partial charge is 0.120 e. The maximum Gasteiger partial charge on any atom is 0.120 e. The standard InChI is InChI=1S/C14H16O.C7H15N/c1-12-6-5-9-14(10-12)15-11-13-7-3-2-4-8-13;1-2-5-8-6-3-4-7-8/h3,5-10H,2,4,11H2,1H3;2-7H2,1H3. The minimum Gasteiger partial charge on any atom is -0.489 e. The van der Waals surface area contributed by atoms with E-state index in [1.54, 1.807) is 0 Å². The SMILES string of the molecule is CCCN1CCCC1.Cc1cccc(OCC2=CCCC=C2)c1. The largest absolute Gasteiger partial charge is 0.489 e. The second kappa shape index (κ2) is 10.3. The highest BCUT2D eigenvalue weighted by atomic mass is 16.5. The second-order valence-corrected chi connectivity index (χ2v) is 6.41. The van der Waals surface area contributed by atoms with E-state index in [1.807, 2.05) is 12.1 Å². The third-order valence-electron chi connectivity index (χ3n) is 4.21. The van der Waals surface area contributed by atoms with Crippen molar-refractivity contribution in [2.75, 3.05) is 26.2 Å². The Hall–Kier alpha value is -1.54. The molecule has 1 aliphatic heterocycles. The summed E-state index contributed by atoms with van der Waals surface area (Å²) in [6, 6.07) is 8.16. The maximum atomic E-state index is 5.71. The van der Waals surface area contributed by atoms with Gasteiger partial charge in [-0.2, -0.15) is 0 Å². The molecule has 0 bridgehead atoms. The Morgan fingerprint density at radius 1 is 1.13 bits per heavy atom. The zero-order valence-electron chi connectivity index (χ0n) is 14.8. The Morgan fingerprint density at radius 3 is 2.61 bits per heavy atom. The van der Waals surface area contributed by atoms with Crippen LogP contribution in [0.4, 0.5) is 0 Å². The fourth-order valence-corrected chi connectivity index (χ4v) is 2.97. The first-order chi connectivity index (χ1) is 11.3. The van der Waals surface area contributed by atoms with Crippen LogP contribution in [0, 0.1) is 6.92 Å². The van der Waals surface area contributed by atoms with E-state index in [2.05, 4.69) is 49.1 Å². The van der Waals surface area contributed by atoms with Crippen LogP contribution in [0.1, 0.15) is 44.6 Å². The average Bonchev–Trinajstić information content (AvgIpc) is 3.08. The molecule has 0 saturated carbocycles. The number of ether oxygens (including phenoxy) is 1. The van der Waals surface area contributed by atoms with Crippen LogP contribution in [0.25, 0.3) is 0 Å². The lowest BCUT2D eigenvalue weighted by atomic mass is 10.1. The van der Waals surface area contributed by atoms with Crippen molar-refractivity contribution in [2.24, 2.45) is 0 Å². The maximum absolute atomic E-state index is 5.71. The molecule has 1 saturated heterocycles. The zero-order chi connectivity index (χ0) is 16.3. The van der Waals surface area contributed by atoms with Crippen LogP contribution in [0.3, 0.4) is 0 Å². The molecular formula is C21H31NO. The van der Waals surface area contributed by atoms with Crippen LogP contribution in [-0.2, 0) is 0 Å². The number of hydrogen-bond acceptors (Lipinski definition) is 2. The van der Waals surface area contributed by atoms with Gasteiger partial charge in [0.2, 0.25) is 0 Å². The molecular weight excluding hydrogens is 282 g/mol. The summed E-state index contributed by atoms with van der Waals surface area (Å²) in [6.07, 6.45) is 13.1. The first kappa shape index (κ1) is 17.8. The topological polar surface area (TPSA) is 12.5 Å². The Bertz CT molecular complexity index is 512. The summed E-state index contributed by atoms with van der Waals surface area (Å²) in [4.78, 5) is 2.54. The second-order valence-electron chi connectivity index (χ2n) is 6.41. The highest BCUT2D eigenvalue weighted by Gasteiger charge is 2.08. The Morgan fingerprint density at radius 2 is 1.96 bits per heavy atom. The van der Waals surface area contributed by atoms with Crippen molar-refractivity contribution in [1.29, 1.82) is 0 Å². The Balaban J connectivity index is 0.000000203. The lowest BCUT2D eigenvalue weighted by Gasteiger charge is -2.11. The van der Waals surface area contributed by atoms with Crippen LogP contribution >= 0.6 is 0 Å². The van der Waals surface area contributed by atoms with Crippen molar-refractivity contribution >= 4 is 0 Å². The van der Waals surface area contributed by atoms with Gasteiger partial charge in [0.1, 0.15) is 12.4 Å². The molecule has 1 fully saturated rings. The van der Waals surface area contributed by atoms with Crippen molar-refractivity contribution in [2.45, 2.75) is 46.0 Å². The molecule has 0 atom stereocenters. The molecule has 0 aromatic heterocycles. The number of allylic oxidation sites excluding steroid dienone is 2. The van der Waals surface area contributed by atoms with Crippen molar-refractivity contribution in [3.8, 4) is 5.75 Å². The average molecular weight is 313 g/mol. The molecule has 1 aromatic rings. The van der Waals surface area contributed by atoms with Crippen molar-refractivity contribution in [3.05, 3.63) is 53.6 Å². The van der Waals surface area contributed by atoms with Gasteiger partial charge in [0.15, 0.2) is 0 Å². The van der Waals surface area contributed by atoms with Crippen LogP contribution in [-0.4, -0.2) is 31.1 Å². The normalized spacial score (nSPS) is 17.4. The Kier molecular flexibility index (Phi) is 7.96. The summed E-state index contributed by atoms with van der Waals surface area (Å²) in [5, 5.41) is 0. The van der Waals surface area contributed by atoms with Crippen molar-refractivity contribution in [1.82, 2.24) is 4.90 Å². The van der Waals surface area contributed by atoms with Gasteiger partial charge in [-0.25, -0.2) is 0 Å². The molecule has 0 spiro atoms. The molecule has 3 rings (SSSR count). The minimum absolute atomic E-state index is 0.681. The fourth-order valence-electron chi connectivity index (χ4n) is 2.97. The molecule has 23 heavy (non-hydrogen) atoms. The lowest BCUT2D eigenvalue weighted by molar-refractivity contribution is 0.339. The van der Waals surface area contributed by atoms with Crippen molar-refractivity contribution in [3.63, 3.8) is 0 Å². The van der Waals surface area contributed by atoms with E-state index in [4.69, 9.17) is 4.74 Å². The highest BCUT2D eigenvalue weighted by molar-refractivity contribution is 5.29. The molecule has 0 unspecified atom stereocenters. The van der Waals surface area contributed by atoms with Gasteiger partial charge >= 0.3 is 0 Å². The van der Waals surface area contributed by atoms with Gasteiger partial charge in [-0.15, -0.1) is 0 Å². The van der Waals surface area contributed by atoms with Gasteiger partial charge in [-0.05, 0) is 81.9 Å². The molecule has 0 radical (unpaired) electrons. The molecule has 0 N–H and O–H groups in total. The van der Waals surface area contributed by atoms with E-state index < -0.39 is 0 Å².